The summed E-state index contributed by atoms with van der Waals surface area (Å²) in [6.45, 7) is 0.851. The summed E-state index contributed by atoms with van der Waals surface area (Å²) in [5.74, 6) is 2.41. The average Bonchev–Trinajstić information content (AvgIpc) is 3.16. The first-order valence-electron chi connectivity index (χ1n) is 13.0. The van der Waals surface area contributed by atoms with Crippen LogP contribution in [0.3, 0.4) is 0 Å². The molecule has 0 spiro atoms. The number of carbonyl (C=O) groups is 1. The van der Waals surface area contributed by atoms with Gasteiger partial charge in [0.25, 0.3) is 0 Å². The second-order valence-corrected chi connectivity index (χ2v) is 11.3. The normalized spacial score (nSPS) is 43.3. The average molecular weight is 423 g/mol. The summed E-state index contributed by atoms with van der Waals surface area (Å²) in [5, 5.41) is 15.6. The first-order valence-corrected chi connectivity index (χ1v) is 13.0. The van der Waals surface area contributed by atoms with Crippen molar-refractivity contribution in [2.24, 2.45) is 17.8 Å². The molecular weight excluding hydrogens is 384 g/mol. The first kappa shape index (κ1) is 20.4. The van der Waals surface area contributed by atoms with E-state index in [1.807, 2.05) is 12.1 Å². The van der Waals surface area contributed by atoms with Crippen LogP contribution in [0.4, 0.5) is 0 Å². The van der Waals surface area contributed by atoms with E-state index >= 15 is 0 Å². The topological polar surface area (TPSA) is 52.3 Å². The van der Waals surface area contributed by atoms with E-state index in [1.165, 1.54) is 69.8 Å². The van der Waals surface area contributed by atoms with E-state index in [2.05, 4.69) is 22.3 Å². The van der Waals surface area contributed by atoms with Crippen molar-refractivity contribution in [1.82, 2.24) is 10.2 Å². The van der Waals surface area contributed by atoms with E-state index in [1.54, 1.807) is 0 Å². The maximum Gasteiger partial charge on any atom is 0.150 e. The van der Waals surface area contributed by atoms with Gasteiger partial charge < -0.3 is 10.4 Å². The zero-order valence-electron chi connectivity index (χ0n) is 18.7. The number of hydrogen-bond donors (Lipinski definition) is 2. The number of nitrogens with one attached hydrogen (secondary N) is 1. The van der Waals surface area contributed by atoms with Crippen molar-refractivity contribution in [3.8, 4) is 0 Å². The molecule has 2 aliphatic carbocycles. The zero-order valence-corrected chi connectivity index (χ0v) is 18.7. The van der Waals surface area contributed by atoms with Crippen LogP contribution in [0, 0.1) is 17.8 Å². The maximum atomic E-state index is 11.6. The monoisotopic (exact) mass is 422 g/mol. The molecular formula is C27H38N2O2. The van der Waals surface area contributed by atoms with Crippen molar-refractivity contribution >= 4 is 6.29 Å². The number of benzene rings is 1. The van der Waals surface area contributed by atoms with Crippen LogP contribution in [0.1, 0.15) is 92.5 Å². The van der Waals surface area contributed by atoms with Gasteiger partial charge >= 0.3 is 0 Å². The molecule has 3 aliphatic heterocycles. The third kappa shape index (κ3) is 3.50. The molecule has 1 aromatic rings. The maximum absolute atomic E-state index is 11.6. The van der Waals surface area contributed by atoms with Crippen LogP contribution in [0.25, 0.3) is 0 Å². The highest BCUT2D eigenvalue weighted by Crippen LogP contribution is 2.57. The number of rotatable bonds is 5. The first-order chi connectivity index (χ1) is 15.2. The van der Waals surface area contributed by atoms with E-state index < -0.39 is 5.72 Å². The van der Waals surface area contributed by atoms with Gasteiger partial charge in [-0.2, -0.15) is 0 Å². The summed E-state index contributed by atoms with van der Waals surface area (Å²) in [7, 11) is 0. The number of carbonyl (C=O) groups excluding carboxylic acids is 1. The molecule has 3 heterocycles. The van der Waals surface area contributed by atoms with E-state index in [0.29, 0.717) is 35.9 Å². The molecule has 0 aromatic heterocycles. The summed E-state index contributed by atoms with van der Waals surface area (Å²) < 4.78 is 0. The van der Waals surface area contributed by atoms with Crippen LogP contribution < -0.4 is 5.32 Å². The summed E-state index contributed by atoms with van der Waals surface area (Å²) >= 11 is 0. The molecule has 0 radical (unpaired) electrons. The lowest BCUT2D eigenvalue weighted by atomic mass is 9.71. The number of aldehydes is 1. The van der Waals surface area contributed by atoms with Gasteiger partial charge in [-0.1, -0.05) is 49.9 Å². The lowest BCUT2D eigenvalue weighted by molar-refractivity contribution is 0.0323. The van der Waals surface area contributed by atoms with Crippen LogP contribution in [-0.2, 0) is 0 Å². The quantitative estimate of drug-likeness (QED) is 0.543. The lowest BCUT2D eigenvalue weighted by Crippen LogP contribution is -2.51. The largest absolute Gasteiger partial charge is 0.374 e. The van der Waals surface area contributed by atoms with Crippen molar-refractivity contribution in [1.29, 1.82) is 0 Å². The molecule has 6 rings (SSSR count). The molecule has 5 aliphatic rings. The summed E-state index contributed by atoms with van der Waals surface area (Å²) in [6, 6.07) is 9.97. The Bertz CT molecular complexity index is 804. The summed E-state index contributed by atoms with van der Waals surface area (Å²) in [6.07, 6.45) is 15.4. The van der Waals surface area contributed by atoms with Gasteiger partial charge in [0.2, 0.25) is 0 Å². The Morgan fingerprint density at radius 3 is 2.55 bits per heavy atom. The number of nitrogens with zero attached hydrogens (tertiary/aromatic N) is 1. The van der Waals surface area contributed by atoms with Gasteiger partial charge in [-0.05, 0) is 62.3 Å². The number of hydrogen-bond acceptors (Lipinski definition) is 4. The fraction of sp³-hybridized carbons (Fsp3) is 0.741. The summed E-state index contributed by atoms with van der Waals surface area (Å²) in [5.41, 5.74) is 1.56. The van der Waals surface area contributed by atoms with Crippen LogP contribution in [0.5, 0.6) is 0 Å². The van der Waals surface area contributed by atoms with Gasteiger partial charge in [-0.25, -0.2) is 0 Å². The molecule has 1 unspecified atom stereocenters. The molecule has 2 saturated carbocycles. The van der Waals surface area contributed by atoms with Gasteiger partial charge in [0, 0.05) is 42.1 Å². The minimum absolute atomic E-state index is 0.361. The van der Waals surface area contributed by atoms with Crippen molar-refractivity contribution < 1.29 is 9.90 Å². The molecule has 2 N–H and O–H groups in total. The number of fused-ring (bicyclic) bond motifs is 2. The van der Waals surface area contributed by atoms with E-state index in [9.17, 15) is 9.90 Å². The van der Waals surface area contributed by atoms with Crippen LogP contribution in [0.15, 0.2) is 24.3 Å². The minimum Gasteiger partial charge on any atom is -0.374 e. The van der Waals surface area contributed by atoms with Crippen LogP contribution in [0.2, 0.25) is 0 Å². The van der Waals surface area contributed by atoms with Gasteiger partial charge in [0.15, 0.2) is 0 Å². The van der Waals surface area contributed by atoms with Crippen LogP contribution >= 0.6 is 0 Å². The second-order valence-electron chi connectivity index (χ2n) is 11.3. The predicted molar refractivity (Wildman–Crippen MR) is 122 cm³/mol. The molecule has 5 fully saturated rings. The highest BCUT2D eigenvalue weighted by molar-refractivity contribution is 5.74. The second kappa shape index (κ2) is 7.97. The van der Waals surface area contributed by atoms with Crippen molar-refractivity contribution in [2.75, 3.05) is 6.54 Å². The third-order valence-corrected chi connectivity index (χ3v) is 9.74. The van der Waals surface area contributed by atoms with E-state index in [4.69, 9.17) is 0 Å². The molecule has 1 aromatic carbocycles. The molecule has 0 bridgehead atoms. The molecule has 4 nitrogen and oxygen atoms in total. The van der Waals surface area contributed by atoms with Gasteiger partial charge in [-0.15, -0.1) is 0 Å². The standard InChI is InChI=1S/C27H38N2O2/c30-16-18-9-11-21(12-10-18)26(20-5-2-1-3-6-20)25-15-22(27(31)17-29(25)27)24-14-13-19-7-4-8-23(19)28-24/h9-12,16,19-20,22-26,28,31H,1-8,13-15,17H2/t19-,22-,23-,24-,25+,26+,27-,29?/m0/s1. The lowest BCUT2D eigenvalue weighted by Gasteiger charge is -2.39. The Morgan fingerprint density at radius 2 is 1.77 bits per heavy atom. The van der Waals surface area contributed by atoms with E-state index in [0.717, 1.165) is 30.7 Å². The highest BCUT2D eigenvalue weighted by atomic mass is 16.3. The Kier molecular flexibility index (Phi) is 5.24. The van der Waals surface area contributed by atoms with Gasteiger partial charge in [0.05, 0.1) is 0 Å². The van der Waals surface area contributed by atoms with E-state index in [-0.39, 0.29) is 0 Å². The minimum atomic E-state index is -0.580. The summed E-state index contributed by atoms with van der Waals surface area (Å²) in [4.78, 5) is 13.6. The molecule has 31 heavy (non-hydrogen) atoms. The Hall–Kier alpha value is -1.23. The molecule has 3 saturated heterocycles. The molecule has 0 amide bonds. The smallest absolute Gasteiger partial charge is 0.150 e. The zero-order chi connectivity index (χ0) is 21.0. The molecule has 4 heteroatoms. The third-order valence-electron chi connectivity index (χ3n) is 9.74. The van der Waals surface area contributed by atoms with Crippen molar-refractivity contribution in [2.45, 2.75) is 100 Å². The molecule has 168 valence electrons. The van der Waals surface area contributed by atoms with Crippen LogP contribution in [-0.4, -0.2) is 46.7 Å². The van der Waals surface area contributed by atoms with Crippen molar-refractivity contribution in [3.63, 3.8) is 0 Å². The fourth-order valence-electron chi connectivity index (χ4n) is 8.12. The Balaban J connectivity index is 1.26. The van der Waals surface area contributed by atoms with Crippen molar-refractivity contribution in [3.05, 3.63) is 35.4 Å². The van der Waals surface area contributed by atoms with Gasteiger partial charge in [0.1, 0.15) is 12.0 Å². The Morgan fingerprint density at radius 1 is 0.968 bits per heavy atom. The fourth-order valence-corrected chi connectivity index (χ4v) is 8.12. The Labute approximate surface area is 186 Å². The SMILES string of the molecule is O=Cc1ccc([C@@H](C2CCCCC2)[C@H]2C[C@@H]([C@@H]3CC[C@@H]4CCC[C@@H]4N3)[C@@]3(O)CN23)cc1. The number of piperidine rings is 2. The van der Waals surface area contributed by atoms with Gasteiger partial charge in [-0.3, -0.25) is 9.69 Å². The highest BCUT2D eigenvalue weighted by Gasteiger charge is 2.68. The number of aliphatic hydroxyl groups is 1. The molecule has 8 atom stereocenters. The predicted octanol–water partition coefficient (Wildman–Crippen LogP) is 4.48.